The topological polar surface area (TPSA) is 74.3 Å². The second-order valence-electron chi connectivity index (χ2n) is 5.73. The van der Waals surface area contributed by atoms with Crippen molar-refractivity contribution in [2.24, 2.45) is 5.92 Å². The lowest BCUT2D eigenvalue weighted by Gasteiger charge is -2.32. The highest BCUT2D eigenvalue weighted by Gasteiger charge is 2.39. The molecule has 0 spiro atoms. The summed E-state index contributed by atoms with van der Waals surface area (Å²) < 4.78 is 20.6. The van der Waals surface area contributed by atoms with Crippen molar-refractivity contribution in [2.75, 3.05) is 41.0 Å². The Hall–Kier alpha value is -1.02. The van der Waals surface area contributed by atoms with Crippen LogP contribution < -0.4 is 0 Å². The molecular weight excluding hydrogens is 302 g/mol. The van der Waals surface area contributed by atoms with E-state index in [9.17, 15) is 9.59 Å². The predicted octanol–water partition coefficient (Wildman–Crippen LogP) is 1.20. The van der Waals surface area contributed by atoms with Crippen LogP contribution in [-0.4, -0.2) is 69.7 Å². The minimum Gasteiger partial charge on any atom is -0.359 e. The molecular formula is C16H29NO6. The van der Waals surface area contributed by atoms with Gasteiger partial charge in [0.1, 0.15) is 19.4 Å². The van der Waals surface area contributed by atoms with Gasteiger partial charge < -0.3 is 23.8 Å². The van der Waals surface area contributed by atoms with Crippen molar-refractivity contribution in [3.05, 3.63) is 0 Å². The largest absolute Gasteiger partial charge is 0.359 e. The van der Waals surface area contributed by atoms with Crippen LogP contribution in [0.25, 0.3) is 0 Å². The number of carbonyl (C=O) groups is 2. The van der Waals surface area contributed by atoms with Crippen molar-refractivity contribution in [2.45, 2.75) is 45.2 Å². The summed E-state index contributed by atoms with van der Waals surface area (Å²) >= 11 is 0. The smallest absolute Gasteiger partial charge is 0.233 e. The number of hydrogen-bond acceptors (Lipinski definition) is 6. The normalized spacial score (nSPS) is 22.3. The molecule has 0 aromatic rings. The van der Waals surface area contributed by atoms with E-state index < -0.39 is 5.92 Å². The standard InChI is InChI=1S/C16H29NO6/c1-5-15(18)12(2)16(19)17-13(8-22-10-20-3)6-7-14(17)9-23-11-21-4/h12-14H,5-11H2,1-4H3/t12-,13+,14+/m1/s1. The molecule has 0 bridgehead atoms. The summed E-state index contributed by atoms with van der Waals surface area (Å²) in [5.41, 5.74) is 0. The minimum absolute atomic E-state index is 0.0463. The third kappa shape index (κ3) is 5.84. The SMILES string of the molecule is CCC(=O)[C@@H](C)C(=O)N1[C@H](COCOC)CC[C@H]1COCOC. The lowest BCUT2D eigenvalue weighted by molar-refractivity contribution is -0.147. The Labute approximate surface area is 138 Å². The summed E-state index contributed by atoms with van der Waals surface area (Å²) in [6, 6.07) is -0.109. The highest BCUT2D eigenvalue weighted by molar-refractivity contribution is 6.01. The summed E-state index contributed by atoms with van der Waals surface area (Å²) in [6.45, 7) is 4.61. The van der Waals surface area contributed by atoms with Crippen LogP contribution in [0.15, 0.2) is 0 Å². The Balaban J connectivity index is 2.74. The molecule has 0 N–H and O–H groups in total. The molecule has 1 fully saturated rings. The molecule has 1 aliphatic heterocycles. The maximum atomic E-state index is 12.8. The Kier molecular flexibility index (Phi) is 9.31. The van der Waals surface area contributed by atoms with E-state index in [1.165, 1.54) is 0 Å². The zero-order valence-corrected chi connectivity index (χ0v) is 14.6. The van der Waals surface area contributed by atoms with Gasteiger partial charge in [-0.2, -0.15) is 0 Å². The van der Waals surface area contributed by atoms with Gasteiger partial charge in [-0.25, -0.2) is 0 Å². The zero-order chi connectivity index (χ0) is 17.2. The number of likely N-dealkylation sites (tertiary alicyclic amines) is 1. The van der Waals surface area contributed by atoms with Crippen molar-refractivity contribution in [1.82, 2.24) is 4.90 Å². The average molecular weight is 331 g/mol. The molecule has 0 aliphatic carbocycles. The molecule has 0 saturated carbocycles. The molecule has 1 amide bonds. The molecule has 3 atom stereocenters. The van der Waals surface area contributed by atoms with Crippen LogP contribution in [0.1, 0.15) is 33.1 Å². The molecule has 1 heterocycles. The summed E-state index contributed by atoms with van der Waals surface area (Å²) in [5.74, 6) is -0.825. The Morgan fingerprint density at radius 1 is 1.04 bits per heavy atom. The maximum Gasteiger partial charge on any atom is 0.233 e. The van der Waals surface area contributed by atoms with Gasteiger partial charge in [-0.1, -0.05) is 6.92 Å². The van der Waals surface area contributed by atoms with Gasteiger partial charge in [0, 0.05) is 20.6 Å². The zero-order valence-electron chi connectivity index (χ0n) is 14.6. The number of ketones is 1. The number of methoxy groups -OCH3 is 2. The van der Waals surface area contributed by atoms with Crippen LogP contribution in [0.4, 0.5) is 0 Å². The number of hydrogen-bond donors (Lipinski definition) is 0. The molecule has 1 saturated heterocycles. The number of ether oxygens (including phenoxy) is 4. The number of rotatable bonds is 11. The van der Waals surface area contributed by atoms with E-state index in [4.69, 9.17) is 18.9 Å². The molecule has 1 rings (SSSR count). The Bertz CT molecular complexity index is 358. The van der Waals surface area contributed by atoms with Crippen LogP contribution in [0.5, 0.6) is 0 Å². The first-order valence-electron chi connectivity index (χ1n) is 8.05. The molecule has 7 nitrogen and oxygen atoms in total. The number of carbonyl (C=O) groups excluding carboxylic acids is 2. The van der Waals surface area contributed by atoms with E-state index >= 15 is 0 Å². The van der Waals surface area contributed by atoms with E-state index in [2.05, 4.69) is 0 Å². The van der Waals surface area contributed by atoms with Gasteiger partial charge in [-0.15, -0.1) is 0 Å². The maximum absolute atomic E-state index is 12.8. The quantitative estimate of drug-likeness (QED) is 0.322. The van der Waals surface area contributed by atoms with Crippen LogP contribution in [-0.2, 0) is 28.5 Å². The van der Waals surface area contributed by atoms with Gasteiger partial charge in [0.25, 0.3) is 0 Å². The minimum atomic E-state index is -0.632. The first-order valence-corrected chi connectivity index (χ1v) is 8.05. The second-order valence-corrected chi connectivity index (χ2v) is 5.73. The van der Waals surface area contributed by atoms with Gasteiger partial charge >= 0.3 is 0 Å². The van der Waals surface area contributed by atoms with Crippen molar-refractivity contribution in [3.8, 4) is 0 Å². The molecule has 134 valence electrons. The summed E-state index contributed by atoms with van der Waals surface area (Å²) in [6.07, 6.45) is 2.00. The van der Waals surface area contributed by atoms with Gasteiger partial charge in [0.15, 0.2) is 0 Å². The Morgan fingerprint density at radius 2 is 1.52 bits per heavy atom. The monoisotopic (exact) mass is 331 g/mol. The lowest BCUT2D eigenvalue weighted by atomic mass is 10.0. The fourth-order valence-electron chi connectivity index (χ4n) is 2.85. The molecule has 0 unspecified atom stereocenters. The van der Waals surface area contributed by atoms with Crippen molar-refractivity contribution in [1.29, 1.82) is 0 Å². The molecule has 1 aliphatic rings. The van der Waals surface area contributed by atoms with Crippen molar-refractivity contribution < 1.29 is 28.5 Å². The average Bonchev–Trinajstić information content (AvgIpc) is 2.96. The molecule has 0 aromatic heterocycles. The van der Waals surface area contributed by atoms with E-state index in [0.717, 1.165) is 12.8 Å². The summed E-state index contributed by atoms with van der Waals surface area (Å²) in [5, 5.41) is 0. The second kappa shape index (κ2) is 10.7. The van der Waals surface area contributed by atoms with Crippen molar-refractivity contribution >= 4 is 11.7 Å². The third-order valence-electron chi connectivity index (χ3n) is 4.10. The summed E-state index contributed by atoms with van der Waals surface area (Å²) in [4.78, 5) is 26.4. The van der Waals surface area contributed by atoms with Gasteiger partial charge in [0.05, 0.1) is 31.2 Å². The lowest BCUT2D eigenvalue weighted by Crippen LogP contribution is -2.48. The van der Waals surface area contributed by atoms with Gasteiger partial charge in [0.2, 0.25) is 5.91 Å². The molecule has 23 heavy (non-hydrogen) atoms. The van der Waals surface area contributed by atoms with Crippen LogP contribution in [0, 0.1) is 5.92 Å². The molecule has 0 radical (unpaired) electrons. The number of amides is 1. The first-order chi connectivity index (χ1) is 11.1. The van der Waals surface area contributed by atoms with Crippen LogP contribution >= 0.6 is 0 Å². The van der Waals surface area contributed by atoms with E-state index in [0.29, 0.717) is 19.6 Å². The van der Waals surface area contributed by atoms with Crippen molar-refractivity contribution in [3.63, 3.8) is 0 Å². The van der Waals surface area contributed by atoms with Gasteiger partial charge in [-0.3, -0.25) is 9.59 Å². The first kappa shape index (κ1) is 20.0. The fraction of sp³-hybridized carbons (Fsp3) is 0.875. The molecule has 7 heteroatoms. The number of nitrogens with zero attached hydrogens (tertiary/aromatic N) is 1. The highest BCUT2D eigenvalue weighted by atomic mass is 16.7. The summed E-state index contributed by atoms with van der Waals surface area (Å²) in [7, 11) is 3.11. The Morgan fingerprint density at radius 3 is 1.91 bits per heavy atom. The van der Waals surface area contributed by atoms with E-state index in [1.54, 1.807) is 33.0 Å². The van der Waals surface area contributed by atoms with E-state index in [1.807, 2.05) is 0 Å². The van der Waals surface area contributed by atoms with Crippen LogP contribution in [0.3, 0.4) is 0 Å². The van der Waals surface area contributed by atoms with E-state index in [-0.39, 0.29) is 37.4 Å². The fourth-order valence-corrected chi connectivity index (χ4v) is 2.85. The third-order valence-corrected chi connectivity index (χ3v) is 4.10. The predicted molar refractivity (Wildman–Crippen MR) is 83.8 cm³/mol. The van der Waals surface area contributed by atoms with Gasteiger partial charge in [-0.05, 0) is 19.8 Å². The van der Waals surface area contributed by atoms with Crippen LogP contribution in [0.2, 0.25) is 0 Å². The number of Topliss-reactive ketones (excluding diaryl/α,β-unsaturated/α-hetero) is 1. The molecule has 0 aromatic carbocycles. The highest BCUT2D eigenvalue weighted by Crippen LogP contribution is 2.27.